The first-order chi connectivity index (χ1) is 71.6. The van der Waals surface area contributed by atoms with Crippen LogP contribution < -0.4 is 38.5 Å². The third kappa shape index (κ3) is 28.9. The molecule has 10 atom stereocenters. The Morgan fingerprint density at radius 1 is 0.340 bits per heavy atom. The average Bonchev–Trinajstić information content (AvgIpc) is 1.29. The minimum atomic E-state index is -1.73. The molecular formula is C115H136F11N15O8S. The fourth-order valence-electron chi connectivity index (χ4n) is 20.9. The number of alkyl halides is 5. The normalized spacial score (nSPS) is 23.3. The van der Waals surface area contributed by atoms with Gasteiger partial charge in [0, 0.05) is 129 Å². The van der Waals surface area contributed by atoms with E-state index in [1.807, 2.05) is 91.0 Å². The number of fused-ring (bicyclic) bond motifs is 5. The van der Waals surface area contributed by atoms with Crippen LogP contribution in [0.25, 0.3) is 0 Å². The first kappa shape index (κ1) is 113. The number of alkyl carbamates (subject to hydrolysis) is 2. The molecular weight excluding hydrogens is 1960 g/mol. The number of hydrogen-bond donors (Lipinski definition) is 7. The number of nitrogens with zero attached hydrogens (tertiary/aromatic N) is 8. The van der Waals surface area contributed by atoms with Crippen molar-refractivity contribution >= 4 is 48.5 Å². The lowest BCUT2D eigenvalue weighted by molar-refractivity contribution is 0.0473. The van der Waals surface area contributed by atoms with E-state index in [0.29, 0.717) is 71.7 Å². The third-order valence-corrected chi connectivity index (χ3v) is 28.7. The molecule has 0 aliphatic carbocycles. The molecule has 802 valence electrons. The van der Waals surface area contributed by atoms with E-state index in [1.54, 1.807) is 124 Å². The highest BCUT2D eigenvalue weighted by Crippen LogP contribution is 2.44. The topological polar surface area (TPSA) is 273 Å². The molecule has 20 rings (SSSR count). The Morgan fingerprint density at radius 3 is 0.847 bits per heavy atom. The molecule has 10 aromatic rings. The Kier molecular flexibility index (Phi) is 37.6. The van der Waals surface area contributed by atoms with E-state index < -0.39 is 51.7 Å². The average molecular weight is 2100 g/mol. The van der Waals surface area contributed by atoms with Gasteiger partial charge in [-0.05, 0) is 231 Å². The number of carbonyl (C=O) groups excluding carboxylic acids is 6. The molecule has 150 heavy (non-hydrogen) atoms. The molecule has 5 fully saturated rings. The lowest BCUT2D eigenvalue weighted by atomic mass is 9.88. The first-order valence-electron chi connectivity index (χ1n) is 51.1. The van der Waals surface area contributed by atoms with Crippen LogP contribution in [-0.4, -0.2) is 252 Å². The van der Waals surface area contributed by atoms with Crippen molar-refractivity contribution in [2.45, 2.75) is 176 Å². The Morgan fingerprint density at radius 2 is 0.587 bits per heavy atom. The van der Waals surface area contributed by atoms with Crippen molar-refractivity contribution in [2.24, 2.45) is 17.2 Å². The molecule has 23 nitrogen and oxygen atoms in total. The predicted molar refractivity (Wildman–Crippen MR) is 560 cm³/mol. The van der Waals surface area contributed by atoms with Crippen LogP contribution in [0.2, 0.25) is 0 Å². The summed E-state index contributed by atoms with van der Waals surface area (Å²) < 4.78 is 160. The second-order valence-corrected chi connectivity index (χ2v) is 42.1. The summed E-state index contributed by atoms with van der Waals surface area (Å²) in [4.78, 5) is 89.7. The predicted octanol–water partition coefficient (Wildman–Crippen LogP) is 20.1. The summed E-state index contributed by atoms with van der Waals surface area (Å²) in [6, 6.07) is 70.1. The molecule has 10 aliphatic rings. The zero-order chi connectivity index (χ0) is 107. The highest BCUT2D eigenvalue weighted by molar-refractivity contribution is 7.93. The van der Waals surface area contributed by atoms with Gasteiger partial charge in [-0.15, -0.1) is 0 Å². The molecule has 35 heteroatoms. The van der Waals surface area contributed by atoms with E-state index in [0.717, 1.165) is 87.9 Å². The molecule has 10 N–H and O–H groups in total. The van der Waals surface area contributed by atoms with Crippen molar-refractivity contribution in [2.75, 3.05) is 137 Å². The summed E-state index contributed by atoms with van der Waals surface area (Å²) in [7, 11) is 0. The highest BCUT2D eigenvalue weighted by atomic mass is 32.2. The van der Waals surface area contributed by atoms with Crippen molar-refractivity contribution in [1.29, 1.82) is 0 Å². The van der Waals surface area contributed by atoms with Crippen molar-refractivity contribution in [1.82, 2.24) is 60.5 Å². The molecule has 10 aliphatic heterocycles. The van der Waals surface area contributed by atoms with Gasteiger partial charge in [0.1, 0.15) is 68.6 Å². The van der Waals surface area contributed by atoms with Gasteiger partial charge in [0.05, 0.1) is 69.5 Å². The number of carbonyl (C=O) groups is 6. The SMILES string of the molecule is CC(C)(C)OC(=O)NCC1(F)CCN(C(=O)N2CCc3ccccc3[C@@H]2c2ccc(F)cc2)C1.CC(C)(C)OC(=O)NCC1(F)CCNC1.CSF.Fc1ccc([C@@H]2NCCc3ccccc32)cc1.NCC1(F)CCN(C(=O)N2CCc3ccccc3[C@@H]2c2ccc(F)cc2)C1.NC[C@@]1(F)CCN(C(=O)N2CCc3ccccc3[C@@H]2c2ccc(F)cc2)C1.NC[C@]1(F)CCN(C(=O)N2CCc3ccccc3[C@@H]2c2ccc(F)cc2)C1. The number of nitrogens with one attached hydrogen (secondary N) is 4. The number of benzene rings is 10. The summed E-state index contributed by atoms with van der Waals surface area (Å²) >= 11 is 0.250. The Labute approximate surface area is 875 Å². The number of ether oxygens (including phenoxy) is 2. The van der Waals surface area contributed by atoms with Crippen LogP contribution in [-0.2, 0) is 41.6 Å². The van der Waals surface area contributed by atoms with Gasteiger partial charge < -0.3 is 87.1 Å². The van der Waals surface area contributed by atoms with E-state index in [9.17, 15) is 72.2 Å². The summed E-state index contributed by atoms with van der Waals surface area (Å²) in [5.41, 5.74) is 23.8. The summed E-state index contributed by atoms with van der Waals surface area (Å²) in [5, 5.41) is 11.3. The van der Waals surface area contributed by atoms with E-state index >= 15 is 4.39 Å². The summed E-state index contributed by atoms with van der Waals surface area (Å²) in [6.45, 7) is 15.4. The van der Waals surface area contributed by atoms with Crippen LogP contribution >= 0.6 is 12.1 Å². The molecule has 0 aromatic heterocycles. The van der Waals surface area contributed by atoms with Crippen LogP contribution in [0.1, 0.15) is 187 Å². The van der Waals surface area contributed by atoms with Crippen LogP contribution in [0.4, 0.5) is 76.6 Å². The maximum atomic E-state index is 15.5. The van der Waals surface area contributed by atoms with Crippen molar-refractivity contribution in [3.63, 3.8) is 0 Å². The van der Waals surface area contributed by atoms with Gasteiger partial charge in [-0.2, -0.15) is 3.89 Å². The van der Waals surface area contributed by atoms with E-state index in [4.69, 9.17) is 26.7 Å². The molecule has 10 amide bonds. The molecule has 0 bridgehead atoms. The monoisotopic (exact) mass is 2100 g/mol. The van der Waals surface area contributed by atoms with Gasteiger partial charge >= 0.3 is 36.3 Å². The third-order valence-electron chi connectivity index (χ3n) is 28.7. The largest absolute Gasteiger partial charge is 0.444 e. The van der Waals surface area contributed by atoms with Gasteiger partial charge in [-0.1, -0.05) is 182 Å². The van der Waals surface area contributed by atoms with Crippen LogP contribution in [0.15, 0.2) is 243 Å². The number of hydrogen-bond acceptors (Lipinski definition) is 14. The second-order valence-electron chi connectivity index (χ2n) is 41.7. The smallest absolute Gasteiger partial charge is 0.407 e. The van der Waals surface area contributed by atoms with E-state index in [1.165, 1.54) is 99.6 Å². The molecule has 0 spiro atoms. The standard InChI is InChI=1S/C26H31F2N3O3.3C21H23F2N3O.C15H14FN.C10H19FN2O2.CH3FS/c1-25(2,3)34-23(32)29-16-26(28)13-15-30(17-26)24(33)31-14-12-18-6-4-5-7-21(18)22(31)19-8-10-20(27)11-9-19;3*22-17-7-5-16(6-8-17)19-18-4-2-1-3-15(18)9-11-26(19)20(27)25-12-10-21(23,13-24)14-25;16-13-7-5-12(6-8-13)15-14-4-2-1-3-11(14)9-10-17-15;1-9(2,3)15-8(14)13-7-10(11)4-5-12-6-10;1-3-2/h4-11,22H,12-17H2,1-3H3,(H,29,32);3*1-8,19H,9-14,24H2;1-8,15,17H,9-10H2;12H,4-7H2,1-3H3,(H,13,14);1H3/t22-,26?;19-,21?;19-,21+;19-,21-;15-;;/m00000../s1. The maximum Gasteiger partial charge on any atom is 0.407 e. The van der Waals surface area contributed by atoms with Crippen molar-refractivity contribution in [3.8, 4) is 0 Å². The number of urea groups is 4. The molecule has 3 unspecified atom stereocenters. The zero-order valence-corrected chi connectivity index (χ0v) is 86.7. The molecule has 0 radical (unpaired) electrons. The van der Waals surface area contributed by atoms with Gasteiger partial charge in [-0.3, -0.25) is 0 Å². The second kappa shape index (κ2) is 50.0. The fraction of sp³-hybridized carbons (Fsp3) is 0.426. The number of likely N-dealkylation sites (tertiary alicyclic amines) is 4. The van der Waals surface area contributed by atoms with Crippen LogP contribution in [0.5, 0.6) is 0 Å². The molecule has 0 saturated carbocycles. The van der Waals surface area contributed by atoms with Gasteiger partial charge in [0.2, 0.25) is 0 Å². The Balaban J connectivity index is 0.000000143. The van der Waals surface area contributed by atoms with Crippen molar-refractivity contribution < 1.29 is 86.0 Å². The maximum absolute atomic E-state index is 15.5. The Bertz CT molecular complexity index is 5890. The van der Waals surface area contributed by atoms with Crippen LogP contribution in [0.3, 0.4) is 0 Å². The zero-order valence-electron chi connectivity index (χ0n) is 85.8. The quantitative estimate of drug-likeness (QED) is 0.0561. The molecule has 10 heterocycles. The van der Waals surface area contributed by atoms with Gasteiger partial charge in [0.25, 0.3) is 0 Å². The number of nitrogens with two attached hydrogens (primary N) is 3. The van der Waals surface area contributed by atoms with Gasteiger partial charge in [-0.25, -0.2) is 72.7 Å². The number of amides is 10. The van der Waals surface area contributed by atoms with E-state index in [2.05, 4.69) is 63.7 Å². The molecule has 5 saturated heterocycles. The minimum absolute atomic E-state index is 0.00884. The lowest BCUT2D eigenvalue weighted by Crippen LogP contribution is -2.49. The number of halogens is 11. The van der Waals surface area contributed by atoms with Crippen molar-refractivity contribution in [3.05, 3.63) is 355 Å². The summed E-state index contributed by atoms with van der Waals surface area (Å²) in [6.07, 6.45) is 5.46. The minimum Gasteiger partial charge on any atom is -0.444 e. The summed E-state index contributed by atoms with van der Waals surface area (Å²) in [5.74, 6) is -1.47. The van der Waals surface area contributed by atoms with E-state index in [-0.39, 0.29) is 187 Å². The highest BCUT2D eigenvalue weighted by Gasteiger charge is 2.49. The Hall–Kier alpha value is -12.8. The first-order valence-corrected chi connectivity index (χ1v) is 52.2. The lowest BCUT2D eigenvalue weighted by Gasteiger charge is -2.39. The molecule has 10 aromatic carbocycles. The fourth-order valence-corrected chi connectivity index (χ4v) is 20.9. The van der Waals surface area contributed by atoms with Gasteiger partial charge in [0.15, 0.2) is 0 Å². The number of rotatable bonds is 12. The van der Waals surface area contributed by atoms with Crippen LogP contribution in [0, 0.1) is 29.1 Å².